The summed E-state index contributed by atoms with van der Waals surface area (Å²) < 4.78 is 1.57. The summed E-state index contributed by atoms with van der Waals surface area (Å²) in [6, 6.07) is 3.33. The van der Waals surface area contributed by atoms with E-state index in [2.05, 4.69) is 20.4 Å². The lowest BCUT2D eigenvalue weighted by atomic mass is 10.2. The first kappa shape index (κ1) is 16.1. The molecular weight excluding hydrogens is 340 g/mol. The van der Waals surface area contributed by atoms with Gasteiger partial charge in [0.05, 0.1) is 4.87 Å². The van der Waals surface area contributed by atoms with Gasteiger partial charge in [-0.2, -0.15) is 5.10 Å². The van der Waals surface area contributed by atoms with E-state index in [1.807, 2.05) is 19.1 Å². The van der Waals surface area contributed by atoms with Gasteiger partial charge in [0.2, 0.25) is 11.8 Å². The Bertz CT molecular complexity index is 793. The number of pyridine rings is 1. The minimum Gasteiger partial charge on any atom is -0.350 e. The van der Waals surface area contributed by atoms with Crippen molar-refractivity contribution in [3.05, 3.63) is 36.5 Å². The van der Waals surface area contributed by atoms with Crippen molar-refractivity contribution in [2.24, 2.45) is 0 Å². The third-order valence-corrected chi connectivity index (χ3v) is 6.18. The second-order valence-electron chi connectivity index (χ2n) is 6.35. The lowest BCUT2D eigenvalue weighted by Gasteiger charge is -2.29. The Balaban J connectivity index is 1.38. The Labute approximate surface area is 149 Å². The third kappa shape index (κ3) is 2.88. The molecule has 1 N–H and O–H groups in total. The van der Waals surface area contributed by atoms with E-state index in [1.54, 1.807) is 33.9 Å². The second-order valence-corrected chi connectivity index (χ2v) is 7.85. The van der Waals surface area contributed by atoms with Gasteiger partial charge in [0.25, 0.3) is 0 Å². The number of nitrogens with one attached hydrogen (secondary N) is 1. The summed E-state index contributed by atoms with van der Waals surface area (Å²) in [6.45, 7) is 2.42. The van der Waals surface area contributed by atoms with Crippen molar-refractivity contribution < 1.29 is 9.59 Å². The number of carbonyl (C=O) groups excluding carboxylic acids is 2. The van der Waals surface area contributed by atoms with Crippen LogP contribution in [0.25, 0.3) is 5.82 Å². The summed E-state index contributed by atoms with van der Waals surface area (Å²) >= 11 is 1.69. The van der Waals surface area contributed by atoms with Gasteiger partial charge >= 0.3 is 0 Å². The van der Waals surface area contributed by atoms with Crippen molar-refractivity contribution >= 4 is 23.6 Å². The topological polar surface area (TPSA) is 93.0 Å². The Kier molecular flexibility index (Phi) is 3.95. The van der Waals surface area contributed by atoms with Crippen molar-refractivity contribution in [3.8, 4) is 5.82 Å². The first-order valence-electron chi connectivity index (χ1n) is 8.11. The summed E-state index contributed by atoms with van der Waals surface area (Å²) in [7, 11) is 0. The number of hydrogen-bond donors (Lipinski definition) is 1. The van der Waals surface area contributed by atoms with Crippen LogP contribution in [0.15, 0.2) is 31.0 Å². The predicted molar refractivity (Wildman–Crippen MR) is 91.7 cm³/mol. The summed E-state index contributed by atoms with van der Waals surface area (Å²) in [6.07, 6.45) is 6.06. The molecule has 4 rings (SSSR count). The molecule has 0 saturated carbocycles. The maximum Gasteiger partial charge on any atom is 0.243 e. The Morgan fingerprint density at radius 3 is 3.08 bits per heavy atom. The molecule has 2 aliphatic rings. The molecular formula is C16H18N6O2S. The maximum absolute atomic E-state index is 12.5. The van der Waals surface area contributed by atoms with Crippen LogP contribution in [0, 0.1) is 0 Å². The normalized spacial score (nSPS) is 25.2. The van der Waals surface area contributed by atoms with Gasteiger partial charge < -0.3 is 10.2 Å². The molecule has 2 saturated heterocycles. The van der Waals surface area contributed by atoms with E-state index in [9.17, 15) is 9.59 Å². The molecule has 2 atom stereocenters. The minimum absolute atomic E-state index is 0.0755. The fourth-order valence-electron chi connectivity index (χ4n) is 3.30. The first-order chi connectivity index (χ1) is 12.1. The van der Waals surface area contributed by atoms with Gasteiger partial charge in [-0.05, 0) is 25.0 Å². The molecule has 0 radical (unpaired) electrons. The van der Waals surface area contributed by atoms with E-state index in [-0.39, 0.29) is 22.7 Å². The van der Waals surface area contributed by atoms with Gasteiger partial charge in [-0.3, -0.25) is 9.59 Å². The smallest absolute Gasteiger partial charge is 0.243 e. The number of rotatable bonds is 4. The highest BCUT2D eigenvalue weighted by atomic mass is 32.2. The average Bonchev–Trinajstić information content (AvgIpc) is 3.32. The first-order valence-corrected chi connectivity index (χ1v) is 9.09. The van der Waals surface area contributed by atoms with Gasteiger partial charge in [-0.1, -0.05) is 6.07 Å². The molecule has 25 heavy (non-hydrogen) atoms. The molecule has 0 aliphatic carbocycles. The van der Waals surface area contributed by atoms with Crippen LogP contribution in [-0.4, -0.2) is 53.1 Å². The predicted octanol–water partition coefficient (Wildman–Crippen LogP) is 0.732. The summed E-state index contributed by atoms with van der Waals surface area (Å²) in [5.41, 5.74) is 0.887. The van der Waals surface area contributed by atoms with Crippen LogP contribution in [0.4, 0.5) is 0 Å². The minimum atomic E-state index is -0.382. The van der Waals surface area contributed by atoms with Gasteiger partial charge in [0.1, 0.15) is 18.7 Å². The fraction of sp³-hybridized carbons (Fsp3) is 0.438. The molecule has 0 unspecified atom stereocenters. The number of nitrogens with zero attached hydrogens (tertiary/aromatic N) is 5. The zero-order valence-corrected chi connectivity index (χ0v) is 14.6. The number of amides is 2. The largest absolute Gasteiger partial charge is 0.350 e. The van der Waals surface area contributed by atoms with Gasteiger partial charge in [0.15, 0.2) is 5.82 Å². The number of hydrogen-bond acceptors (Lipinski definition) is 6. The number of carbonyl (C=O) groups is 2. The van der Waals surface area contributed by atoms with Gasteiger partial charge in [-0.25, -0.2) is 14.6 Å². The maximum atomic E-state index is 12.5. The van der Waals surface area contributed by atoms with Crippen LogP contribution < -0.4 is 5.32 Å². The standard InChI is InChI=1S/C16H18N6O2S/c1-16-5-4-14(23)22(16)12(8-25-16)15(24)19-7-11-2-3-13(18-6-11)21-10-17-9-20-21/h2-3,6,9-10,12H,4-5,7-8H2,1H3,(H,19,24)/t12-,16+/m1/s1. The molecule has 2 aliphatic heterocycles. The molecule has 130 valence electrons. The number of fused-ring (bicyclic) bond motifs is 1. The van der Waals surface area contributed by atoms with Gasteiger partial charge in [-0.15, -0.1) is 11.8 Å². The van der Waals surface area contributed by atoms with E-state index in [0.717, 1.165) is 12.0 Å². The molecule has 0 aromatic carbocycles. The van der Waals surface area contributed by atoms with E-state index < -0.39 is 0 Å². The van der Waals surface area contributed by atoms with Crippen molar-refractivity contribution in [2.45, 2.75) is 37.2 Å². The highest BCUT2D eigenvalue weighted by Crippen LogP contribution is 2.47. The molecule has 2 fully saturated rings. The van der Waals surface area contributed by atoms with Crippen LogP contribution in [-0.2, 0) is 16.1 Å². The van der Waals surface area contributed by atoms with Crippen LogP contribution in [0.3, 0.4) is 0 Å². The number of aromatic nitrogens is 4. The Hall–Kier alpha value is -2.42. The monoisotopic (exact) mass is 358 g/mol. The van der Waals surface area contributed by atoms with Crippen LogP contribution in [0.1, 0.15) is 25.3 Å². The van der Waals surface area contributed by atoms with E-state index in [1.165, 1.54) is 6.33 Å². The van der Waals surface area contributed by atoms with Crippen molar-refractivity contribution in [2.75, 3.05) is 5.75 Å². The van der Waals surface area contributed by atoms with Crippen molar-refractivity contribution in [1.82, 2.24) is 30.0 Å². The molecule has 0 spiro atoms. The molecule has 9 heteroatoms. The zero-order chi connectivity index (χ0) is 17.4. The molecule has 8 nitrogen and oxygen atoms in total. The quantitative estimate of drug-likeness (QED) is 0.866. The molecule has 2 aromatic heterocycles. The lowest BCUT2D eigenvalue weighted by Crippen LogP contribution is -2.49. The number of thioether (sulfide) groups is 1. The summed E-state index contributed by atoms with van der Waals surface area (Å²) in [5.74, 6) is 1.29. The molecule has 4 heterocycles. The van der Waals surface area contributed by atoms with E-state index in [4.69, 9.17) is 0 Å². The van der Waals surface area contributed by atoms with Gasteiger partial charge in [0, 0.05) is 24.9 Å². The van der Waals surface area contributed by atoms with E-state index in [0.29, 0.717) is 24.5 Å². The van der Waals surface area contributed by atoms with Crippen LogP contribution in [0.2, 0.25) is 0 Å². The van der Waals surface area contributed by atoms with Crippen molar-refractivity contribution in [3.63, 3.8) is 0 Å². The summed E-state index contributed by atoms with van der Waals surface area (Å²) in [5, 5.41) is 6.95. The zero-order valence-electron chi connectivity index (χ0n) is 13.8. The van der Waals surface area contributed by atoms with E-state index >= 15 is 0 Å². The molecule has 2 aromatic rings. The highest BCUT2D eigenvalue weighted by Gasteiger charge is 2.52. The Morgan fingerprint density at radius 1 is 1.48 bits per heavy atom. The SMILES string of the molecule is C[C@]12CCC(=O)N1[C@@H](C(=O)NCc1ccc(-n3cncn3)nc1)CS2. The lowest BCUT2D eigenvalue weighted by molar-refractivity contribution is -0.138. The van der Waals surface area contributed by atoms with Crippen molar-refractivity contribution in [1.29, 1.82) is 0 Å². The summed E-state index contributed by atoms with van der Waals surface area (Å²) in [4.78, 5) is 34.4. The Morgan fingerprint density at radius 2 is 2.36 bits per heavy atom. The average molecular weight is 358 g/mol. The fourth-order valence-corrected chi connectivity index (χ4v) is 4.74. The third-order valence-electron chi connectivity index (χ3n) is 4.68. The molecule has 2 amide bonds. The van der Waals surface area contributed by atoms with Crippen LogP contribution in [0.5, 0.6) is 0 Å². The van der Waals surface area contributed by atoms with Crippen LogP contribution >= 0.6 is 11.8 Å². The molecule has 0 bridgehead atoms. The highest BCUT2D eigenvalue weighted by molar-refractivity contribution is 8.01. The second kappa shape index (κ2) is 6.14.